The highest BCUT2D eigenvalue weighted by Crippen LogP contribution is 2.48. The summed E-state index contributed by atoms with van der Waals surface area (Å²) in [6.45, 7) is 6.10. The minimum Gasteiger partial charge on any atom is -1.00 e. The maximum Gasteiger partial charge on any atom is 0.330 e. The molecule has 0 N–H and O–H groups in total. The van der Waals surface area contributed by atoms with Gasteiger partial charge in [0.15, 0.2) is 11.5 Å². The van der Waals surface area contributed by atoms with Crippen molar-refractivity contribution in [2.24, 2.45) is 0 Å². The Balaban J connectivity index is 0.00000625. The van der Waals surface area contributed by atoms with Crippen LogP contribution in [0.15, 0.2) is 18.2 Å². The summed E-state index contributed by atoms with van der Waals surface area (Å²) >= 11 is 0. The number of ether oxygens (including phenoxy) is 2. The van der Waals surface area contributed by atoms with Gasteiger partial charge in [0, 0.05) is 6.42 Å². The van der Waals surface area contributed by atoms with Gasteiger partial charge >= 0.3 is 7.60 Å². The van der Waals surface area contributed by atoms with Crippen LogP contribution in [0.25, 0.3) is 0 Å². The summed E-state index contributed by atoms with van der Waals surface area (Å²) < 4.78 is 34.9. The summed E-state index contributed by atoms with van der Waals surface area (Å²) in [6.07, 6.45) is 1.20. The highest BCUT2D eigenvalue weighted by Gasteiger charge is 2.26. The summed E-state index contributed by atoms with van der Waals surface area (Å²) in [6, 6.07) is 5.91. The van der Waals surface area contributed by atoms with Crippen molar-refractivity contribution >= 4 is 7.60 Å². The number of para-hydroxylation sites is 1. The van der Waals surface area contributed by atoms with E-state index in [0.29, 0.717) is 19.4 Å². The van der Waals surface area contributed by atoms with E-state index in [1.807, 2.05) is 32.0 Å². The van der Waals surface area contributed by atoms with E-state index < -0.39 is 7.60 Å². The zero-order valence-electron chi connectivity index (χ0n) is 16.8. The average Bonchev–Trinajstić information content (AvgIpc) is 2.54. The quantitative estimate of drug-likeness (QED) is 0.348. The van der Waals surface area contributed by atoms with Gasteiger partial charge in [-0.05, 0) is 26.0 Å². The number of hydrogen-bond donors (Lipinski definition) is 0. The van der Waals surface area contributed by atoms with Gasteiger partial charge in [-0.3, -0.25) is 4.57 Å². The number of nitrogens with zero attached hydrogens (tertiary/aromatic N) is 1. The van der Waals surface area contributed by atoms with Gasteiger partial charge in [0.2, 0.25) is 0 Å². The van der Waals surface area contributed by atoms with Crippen LogP contribution in [0.1, 0.15) is 25.8 Å². The molecule has 8 heteroatoms. The Morgan fingerprint density at radius 2 is 1.65 bits per heavy atom. The second-order valence-electron chi connectivity index (χ2n) is 6.49. The second kappa shape index (κ2) is 12.0. The molecular formula is C18H33BrNO5P. The number of hydrogen-bond acceptors (Lipinski definition) is 5. The molecule has 0 spiro atoms. The van der Waals surface area contributed by atoms with Gasteiger partial charge in [-0.2, -0.15) is 0 Å². The van der Waals surface area contributed by atoms with Crippen molar-refractivity contribution in [3.8, 4) is 11.5 Å². The third-order valence-electron chi connectivity index (χ3n) is 3.93. The summed E-state index contributed by atoms with van der Waals surface area (Å²) in [7, 11) is 4.61. The van der Waals surface area contributed by atoms with Crippen molar-refractivity contribution in [3.05, 3.63) is 23.8 Å². The minimum atomic E-state index is -2.97. The van der Waals surface area contributed by atoms with Crippen LogP contribution in [-0.4, -0.2) is 58.7 Å². The van der Waals surface area contributed by atoms with Crippen molar-refractivity contribution in [1.82, 2.24) is 0 Å². The van der Waals surface area contributed by atoms with Crippen LogP contribution in [0.5, 0.6) is 11.5 Å². The van der Waals surface area contributed by atoms with Crippen molar-refractivity contribution in [1.29, 1.82) is 0 Å². The van der Waals surface area contributed by atoms with Crippen LogP contribution in [0.4, 0.5) is 0 Å². The van der Waals surface area contributed by atoms with Crippen LogP contribution < -0.4 is 26.5 Å². The van der Waals surface area contributed by atoms with E-state index in [0.717, 1.165) is 41.1 Å². The Kier molecular flexibility index (Phi) is 11.7. The molecule has 0 unspecified atom stereocenters. The Labute approximate surface area is 168 Å². The highest BCUT2D eigenvalue weighted by atomic mass is 79.9. The molecule has 152 valence electrons. The van der Waals surface area contributed by atoms with Crippen molar-refractivity contribution in [2.75, 3.05) is 54.2 Å². The maximum absolute atomic E-state index is 12.6. The molecule has 26 heavy (non-hydrogen) atoms. The molecule has 0 aliphatic rings. The van der Waals surface area contributed by atoms with Gasteiger partial charge in [0.25, 0.3) is 0 Å². The smallest absolute Gasteiger partial charge is 0.330 e. The van der Waals surface area contributed by atoms with Gasteiger partial charge in [-0.25, -0.2) is 0 Å². The number of quaternary nitrogens is 1. The van der Waals surface area contributed by atoms with E-state index in [2.05, 4.69) is 14.1 Å². The van der Waals surface area contributed by atoms with Crippen molar-refractivity contribution in [3.63, 3.8) is 0 Å². The lowest BCUT2D eigenvalue weighted by Gasteiger charge is -2.31. The van der Waals surface area contributed by atoms with Gasteiger partial charge < -0.3 is 40.0 Å². The Morgan fingerprint density at radius 1 is 1.04 bits per heavy atom. The molecule has 0 saturated heterocycles. The van der Waals surface area contributed by atoms with E-state index in [1.165, 1.54) is 0 Å². The van der Waals surface area contributed by atoms with E-state index in [1.54, 1.807) is 14.2 Å². The Bertz CT molecular complexity index is 573. The molecule has 0 fully saturated rings. The van der Waals surface area contributed by atoms with Crippen LogP contribution in [-0.2, 0) is 20.2 Å². The molecule has 6 nitrogen and oxygen atoms in total. The molecule has 0 aliphatic carbocycles. The SMILES string of the molecule is CCOP(=O)(CCC[N+](C)(C)Cc1cccc(OC)c1OC)OCC.[Br-]. The lowest BCUT2D eigenvalue weighted by atomic mass is 10.1. The van der Waals surface area contributed by atoms with Crippen molar-refractivity contribution in [2.45, 2.75) is 26.8 Å². The number of halogens is 1. The predicted molar refractivity (Wildman–Crippen MR) is 101 cm³/mol. The van der Waals surface area contributed by atoms with Crippen molar-refractivity contribution < 1.29 is 44.6 Å². The highest BCUT2D eigenvalue weighted by molar-refractivity contribution is 7.53. The molecule has 0 bridgehead atoms. The normalized spacial score (nSPS) is 11.8. The lowest BCUT2D eigenvalue weighted by molar-refractivity contribution is -0.903. The number of methoxy groups -OCH3 is 2. The second-order valence-corrected chi connectivity index (χ2v) is 8.68. The van der Waals surface area contributed by atoms with E-state index in [9.17, 15) is 4.57 Å². The summed E-state index contributed by atoms with van der Waals surface area (Å²) in [5, 5.41) is 0. The molecule has 0 radical (unpaired) electrons. The number of benzene rings is 1. The molecule has 0 amide bonds. The number of rotatable bonds is 12. The first-order valence-corrected chi connectivity index (χ1v) is 10.4. The Hall–Kier alpha value is -0.590. The van der Waals surface area contributed by atoms with Crippen LogP contribution in [0.2, 0.25) is 0 Å². The fourth-order valence-corrected chi connectivity index (χ4v) is 4.52. The average molecular weight is 454 g/mol. The molecular weight excluding hydrogens is 421 g/mol. The maximum atomic E-state index is 12.6. The monoisotopic (exact) mass is 453 g/mol. The standard InChI is InChI=1S/C18H33NO5P.BrH/c1-7-23-25(20,24-8-2)14-10-13-19(3,4)15-16-11-9-12-17(21-5)18(16)22-6;/h9,11-12H,7-8,10,13-15H2,1-6H3;1H/q+1;/p-1. The van der Waals surface area contributed by atoms with E-state index in [-0.39, 0.29) is 17.0 Å². The molecule has 1 aromatic rings. The van der Waals surface area contributed by atoms with Crippen LogP contribution in [0, 0.1) is 0 Å². The first-order chi connectivity index (χ1) is 11.8. The third kappa shape index (κ3) is 7.97. The van der Waals surface area contributed by atoms with E-state index >= 15 is 0 Å². The zero-order valence-corrected chi connectivity index (χ0v) is 19.3. The van der Waals surface area contributed by atoms with Gasteiger partial charge in [0.05, 0.1) is 59.8 Å². The lowest BCUT2D eigenvalue weighted by Crippen LogP contribution is -3.00. The summed E-state index contributed by atoms with van der Waals surface area (Å²) in [5.74, 6) is 1.50. The minimum absolute atomic E-state index is 0. The van der Waals surface area contributed by atoms with Crippen LogP contribution >= 0.6 is 7.60 Å². The predicted octanol–water partition coefficient (Wildman–Crippen LogP) is 0.940. The van der Waals surface area contributed by atoms with Gasteiger partial charge in [-0.1, -0.05) is 6.07 Å². The first kappa shape index (κ1) is 25.4. The summed E-state index contributed by atoms with van der Waals surface area (Å²) in [5.41, 5.74) is 1.09. The summed E-state index contributed by atoms with van der Waals surface area (Å²) in [4.78, 5) is 0. The van der Waals surface area contributed by atoms with E-state index in [4.69, 9.17) is 18.5 Å². The fraction of sp³-hybridized carbons (Fsp3) is 0.667. The third-order valence-corrected chi connectivity index (χ3v) is 6.10. The molecule has 0 saturated carbocycles. The zero-order chi connectivity index (χ0) is 18.9. The molecule has 0 aromatic heterocycles. The Morgan fingerprint density at radius 3 is 2.15 bits per heavy atom. The molecule has 1 aromatic carbocycles. The molecule has 0 heterocycles. The first-order valence-electron chi connectivity index (χ1n) is 8.70. The molecule has 0 atom stereocenters. The fourth-order valence-electron chi connectivity index (χ4n) is 2.87. The topological polar surface area (TPSA) is 54.0 Å². The molecule has 1 rings (SSSR count). The largest absolute Gasteiger partial charge is 1.00 e. The van der Waals surface area contributed by atoms with Crippen LogP contribution in [0.3, 0.4) is 0 Å². The van der Waals surface area contributed by atoms with Gasteiger partial charge in [-0.15, -0.1) is 0 Å². The molecule has 0 aliphatic heterocycles. The van der Waals surface area contributed by atoms with Gasteiger partial charge in [0.1, 0.15) is 6.54 Å².